The van der Waals surface area contributed by atoms with Gasteiger partial charge in [0.1, 0.15) is 10.8 Å². The molecule has 0 aliphatic carbocycles. The summed E-state index contributed by atoms with van der Waals surface area (Å²) in [5, 5.41) is 12.6. The summed E-state index contributed by atoms with van der Waals surface area (Å²) < 4.78 is 5.86. The molecule has 1 aliphatic rings. The van der Waals surface area contributed by atoms with Crippen LogP contribution in [-0.4, -0.2) is 47.7 Å². The van der Waals surface area contributed by atoms with Crippen LogP contribution in [0.25, 0.3) is 0 Å². The molecule has 1 amide bonds. The molecule has 3 rings (SSSR count). The summed E-state index contributed by atoms with van der Waals surface area (Å²) >= 11 is 1.42. The summed E-state index contributed by atoms with van der Waals surface area (Å²) in [4.78, 5) is 14.6. The van der Waals surface area contributed by atoms with Crippen molar-refractivity contribution in [1.29, 1.82) is 0 Å². The highest BCUT2D eigenvalue weighted by atomic mass is 32.1. The highest BCUT2D eigenvalue weighted by molar-refractivity contribution is 7.15. The maximum Gasteiger partial charge on any atom is 0.230 e. The molecule has 1 aromatic heterocycles. The lowest BCUT2D eigenvalue weighted by Gasteiger charge is -2.28. The van der Waals surface area contributed by atoms with Crippen LogP contribution in [0.15, 0.2) is 18.2 Å². The molecule has 1 aromatic carbocycles. The van der Waals surface area contributed by atoms with E-state index >= 15 is 0 Å². The zero-order valence-electron chi connectivity index (χ0n) is 15.6. The first kappa shape index (κ1) is 18.8. The zero-order valence-corrected chi connectivity index (χ0v) is 16.4. The number of hydrogen-bond acceptors (Lipinski definition) is 6. The molecule has 6 nitrogen and oxygen atoms in total. The van der Waals surface area contributed by atoms with Crippen LogP contribution >= 0.6 is 11.3 Å². The molecule has 26 heavy (non-hydrogen) atoms. The monoisotopic (exact) mass is 374 g/mol. The summed E-state index contributed by atoms with van der Waals surface area (Å²) in [6.07, 6.45) is 2.67. The van der Waals surface area contributed by atoms with Crippen LogP contribution in [0.3, 0.4) is 0 Å². The molecule has 0 bridgehead atoms. The van der Waals surface area contributed by atoms with E-state index in [2.05, 4.69) is 46.5 Å². The van der Waals surface area contributed by atoms with Gasteiger partial charge in [0.2, 0.25) is 11.0 Å². The maximum atomic E-state index is 12.4. The quantitative estimate of drug-likeness (QED) is 0.842. The van der Waals surface area contributed by atoms with Crippen LogP contribution in [0.2, 0.25) is 0 Å². The lowest BCUT2D eigenvalue weighted by atomic mass is 9.98. The predicted octanol–water partition coefficient (Wildman–Crippen LogP) is 3.06. The second-order valence-electron chi connectivity index (χ2n) is 6.96. The van der Waals surface area contributed by atoms with E-state index in [0.29, 0.717) is 18.2 Å². The Kier molecular flexibility index (Phi) is 6.21. The molecule has 2 heterocycles. The van der Waals surface area contributed by atoms with Crippen molar-refractivity contribution >= 4 is 22.4 Å². The number of nitrogens with one attached hydrogen (secondary N) is 1. The number of amides is 1. The minimum absolute atomic E-state index is 0.0359. The normalized spacial score (nSPS) is 17.9. The summed E-state index contributed by atoms with van der Waals surface area (Å²) in [6, 6.07) is 6.18. The van der Waals surface area contributed by atoms with Crippen LogP contribution in [0.5, 0.6) is 5.75 Å². The van der Waals surface area contributed by atoms with E-state index in [0.717, 1.165) is 42.3 Å². The molecular weight excluding hydrogens is 348 g/mol. The van der Waals surface area contributed by atoms with Crippen LogP contribution < -0.4 is 10.1 Å². The Hall–Kier alpha value is -1.99. The molecule has 0 radical (unpaired) electrons. The van der Waals surface area contributed by atoms with E-state index in [4.69, 9.17) is 4.74 Å². The summed E-state index contributed by atoms with van der Waals surface area (Å²) in [7, 11) is 2.05. The summed E-state index contributed by atoms with van der Waals surface area (Å²) in [5.74, 6) is 0.990. The highest BCUT2D eigenvalue weighted by Crippen LogP contribution is 2.22. The van der Waals surface area contributed by atoms with Gasteiger partial charge in [0.15, 0.2) is 0 Å². The molecule has 1 unspecified atom stereocenters. The van der Waals surface area contributed by atoms with Gasteiger partial charge in [-0.3, -0.25) is 4.79 Å². The Morgan fingerprint density at radius 1 is 1.38 bits per heavy atom. The molecule has 0 spiro atoms. The van der Waals surface area contributed by atoms with Crippen molar-refractivity contribution in [2.45, 2.75) is 33.1 Å². The van der Waals surface area contributed by atoms with Gasteiger partial charge in [0.25, 0.3) is 0 Å². The third kappa shape index (κ3) is 5.02. The number of aryl methyl sites for hydroxylation is 2. The molecule has 1 N–H and O–H groups in total. The average Bonchev–Trinajstić information content (AvgIpc) is 3.05. The van der Waals surface area contributed by atoms with Gasteiger partial charge >= 0.3 is 0 Å². The van der Waals surface area contributed by atoms with Gasteiger partial charge in [-0.15, -0.1) is 10.2 Å². The third-order valence-electron chi connectivity index (χ3n) is 4.61. The summed E-state index contributed by atoms with van der Waals surface area (Å²) in [5.41, 5.74) is 2.30. The Morgan fingerprint density at radius 3 is 3.04 bits per heavy atom. The van der Waals surface area contributed by atoms with Crippen molar-refractivity contribution in [3.8, 4) is 5.75 Å². The Morgan fingerprint density at radius 2 is 2.23 bits per heavy atom. The lowest BCUT2D eigenvalue weighted by molar-refractivity contribution is -0.121. The van der Waals surface area contributed by atoms with E-state index in [1.807, 2.05) is 13.0 Å². The van der Waals surface area contributed by atoms with Crippen LogP contribution in [-0.2, 0) is 11.2 Å². The fraction of sp³-hybridized carbons (Fsp3) is 0.526. The third-order valence-corrected chi connectivity index (χ3v) is 5.51. The number of ether oxygens (including phenoxy) is 1. The number of anilines is 1. The van der Waals surface area contributed by atoms with Crippen molar-refractivity contribution < 1.29 is 9.53 Å². The number of benzene rings is 1. The number of hydrogen-bond donors (Lipinski definition) is 1. The van der Waals surface area contributed by atoms with Gasteiger partial charge in [-0.25, -0.2) is 0 Å². The molecule has 0 saturated carbocycles. The van der Waals surface area contributed by atoms with Crippen molar-refractivity contribution in [3.63, 3.8) is 0 Å². The van der Waals surface area contributed by atoms with Crippen LogP contribution in [0, 0.1) is 19.8 Å². The van der Waals surface area contributed by atoms with Crippen molar-refractivity contribution in [3.05, 3.63) is 34.3 Å². The molecule has 1 atom stereocenters. The average molecular weight is 375 g/mol. The first-order valence-corrected chi connectivity index (χ1v) is 9.85. The minimum Gasteiger partial charge on any atom is -0.493 e. The van der Waals surface area contributed by atoms with E-state index in [-0.39, 0.29) is 11.8 Å². The molecule has 7 heteroatoms. The molecule has 1 fully saturated rings. The number of carbonyl (C=O) groups is 1. The SMILES string of the molecule is Cc1ccc(C)c(OCCc2nnc(NC(=O)C3CCCN(C)C3)s2)c1. The summed E-state index contributed by atoms with van der Waals surface area (Å²) in [6.45, 7) is 6.50. The fourth-order valence-electron chi connectivity index (χ4n) is 3.10. The van der Waals surface area contributed by atoms with Crippen LogP contribution in [0.1, 0.15) is 29.0 Å². The van der Waals surface area contributed by atoms with E-state index in [9.17, 15) is 4.79 Å². The minimum atomic E-state index is 0.0359. The van der Waals surface area contributed by atoms with Gasteiger partial charge in [-0.1, -0.05) is 23.5 Å². The Bertz CT molecular complexity index is 762. The predicted molar refractivity (Wildman–Crippen MR) is 104 cm³/mol. The fourth-order valence-corrected chi connectivity index (χ4v) is 3.83. The molecule has 1 aliphatic heterocycles. The second-order valence-corrected chi connectivity index (χ2v) is 8.02. The van der Waals surface area contributed by atoms with E-state index in [1.165, 1.54) is 16.9 Å². The number of nitrogens with zero attached hydrogens (tertiary/aromatic N) is 3. The van der Waals surface area contributed by atoms with Gasteiger partial charge < -0.3 is 15.0 Å². The maximum absolute atomic E-state index is 12.4. The number of carbonyl (C=O) groups excluding carboxylic acids is 1. The molecule has 2 aromatic rings. The van der Waals surface area contributed by atoms with Crippen molar-refractivity contribution in [2.24, 2.45) is 5.92 Å². The van der Waals surface area contributed by atoms with Crippen molar-refractivity contribution in [2.75, 3.05) is 32.1 Å². The number of aromatic nitrogens is 2. The van der Waals surface area contributed by atoms with Crippen molar-refractivity contribution in [1.82, 2.24) is 15.1 Å². The first-order valence-electron chi connectivity index (χ1n) is 9.03. The van der Waals surface area contributed by atoms with Gasteiger partial charge in [0, 0.05) is 13.0 Å². The van der Waals surface area contributed by atoms with Gasteiger partial charge in [-0.2, -0.15) is 0 Å². The molecule has 140 valence electrons. The Labute approximate surface area is 158 Å². The van der Waals surface area contributed by atoms with Crippen LogP contribution in [0.4, 0.5) is 5.13 Å². The second kappa shape index (κ2) is 8.60. The largest absolute Gasteiger partial charge is 0.493 e. The topological polar surface area (TPSA) is 67.4 Å². The van der Waals surface area contributed by atoms with E-state index < -0.39 is 0 Å². The first-order chi connectivity index (χ1) is 12.5. The molecular formula is C19H26N4O2S. The smallest absolute Gasteiger partial charge is 0.230 e. The van der Waals surface area contributed by atoms with Gasteiger partial charge in [0.05, 0.1) is 12.5 Å². The standard InChI is InChI=1S/C19H26N4O2S/c1-13-6-7-14(2)16(11-13)25-10-8-17-21-22-19(26-17)20-18(24)15-5-4-9-23(3)12-15/h6-7,11,15H,4-5,8-10,12H2,1-3H3,(H,20,22,24). The lowest BCUT2D eigenvalue weighted by Crippen LogP contribution is -2.38. The zero-order chi connectivity index (χ0) is 18.5. The highest BCUT2D eigenvalue weighted by Gasteiger charge is 2.24. The Balaban J connectivity index is 1.48. The van der Waals surface area contributed by atoms with E-state index in [1.54, 1.807) is 0 Å². The number of piperidine rings is 1. The number of rotatable bonds is 6. The van der Waals surface area contributed by atoms with Gasteiger partial charge in [-0.05, 0) is 57.5 Å². The molecule has 1 saturated heterocycles. The number of likely N-dealkylation sites (tertiary alicyclic amines) is 1.